The highest BCUT2D eigenvalue weighted by Crippen LogP contribution is 2.22. The lowest BCUT2D eigenvalue weighted by molar-refractivity contribution is 0.761. The van der Waals surface area contributed by atoms with Crippen molar-refractivity contribution in [2.75, 3.05) is 0 Å². The summed E-state index contributed by atoms with van der Waals surface area (Å²) >= 11 is 5.46. The molecule has 0 aliphatic rings. The van der Waals surface area contributed by atoms with Crippen molar-refractivity contribution in [1.29, 1.82) is 0 Å². The van der Waals surface area contributed by atoms with E-state index in [1.54, 1.807) is 0 Å². The van der Waals surface area contributed by atoms with E-state index in [4.69, 9.17) is 12.2 Å². The van der Waals surface area contributed by atoms with Crippen molar-refractivity contribution in [1.82, 2.24) is 9.78 Å². The Hall–Kier alpha value is -1.35. The van der Waals surface area contributed by atoms with Crippen LogP contribution in [-0.2, 0) is 0 Å². The van der Waals surface area contributed by atoms with Crippen LogP contribution in [0.2, 0.25) is 0 Å². The van der Waals surface area contributed by atoms with Crippen LogP contribution >= 0.6 is 12.2 Å². The molecule has 2 nitrogen and oxygen atoms in total. The largest absolute Gasteiger partial charge is 0.297 e. The van der Waals surface area contributed by atoms with Crippen LogP contribution in [-0.4, -0.2) is 9.78 Å². The normalized spacial score (nSPS) is 11.2. The third kappa shape index (κ3) is 2.27. The van der Waals surface area contributed by atoms with E-state index in [9.17, 15) is 0 Å². The average Bonchev–Trinajstić information content (AvgIpc) is 2.59. The summed E-state index contributed by atoms with van der Waals surface area (Å²) in [5.74, 6) is 0.457. The highest BCUT2D eigenvalue weighted by atomic mass is 32.1. The molecule has 0 fully saturated rings. The molecule has 0 amide bonds. The predicted octanol–water partition coefficient (Wildman–Crippen LogP) is 4.58. The van der Waals surface area contributed by atoms with Crippen LogP contribution in [0.25, 0.3) is 5.69 Å². The van der Waals surface area contributed by atoms with Gasteiger partial charge in [0.1, 0.15) is 4.64 Å². The number of nitrogens with one attached hydrogen (secondary N) is 1. The van der Waals surface area contributed by atoms with E-state index < -0.39 is 0 Å². The molecule has 0 bridgehead atoms. The second-order valence-electron chi connectivity index (χ2n) is 5.29. The first-order valence-corrected chi connectivity index (χ1v) is 6.71. The number of aromatic amines is 1. The summed E-state index contributed by atoms with van der Waals surface area (Å²) in [4.78, 5) is 0. The molecule has 2 aromatic rings. The maximum absolute atomic E-state index is 5.46. The number of hydrogen-bond donors (Lipinski definition) is 1. The van der Waals surface area contributed by atoms with Gasteiger partial charge in [-0.15, -0.1) is 0 Å². The molecule has 0 saturated heterocycles. The van der Waals surface area contributed by atoms with Gasteiger partial charge >= 0.3 is 0 Å². The Labute approximate surface area is 114 Å². The molecular weight excluding hydrogens is 240 g/mol. The smallest absolute Gasteiger partial charge is 0.127 e. The van der Waals surface area contributed by atoms with E-state index in [-0.39, 0.29) is 0 Å². The van der Waals surface area contributed by atoms with Crippen LogP contribution in [0, 0.1) is 25.4 Å². The van der Waals surface area contributed by atoms with Crippen LogP contribution in [0.4, 0.5) is 0 Å². The van der Waals surface area contributed by atoms with Gasteiger partial charge in [0.2, 0.25) is 0 Å². The Balaban J connectivity index is 2.66. The minimum atomic E-state index is 0.457. The number of nitrogens with zero attached hydrogens (tertiary/aromatic N) is 1. The minimum Gasteiger partial charge on any atom is -0.297 e. The van der Waals surface area contributed by atoms with E-state index in [0.29, 0.717) is 5.92 Å². The van der Waals surface area contributed by atoms with Gasteiger partial charge in [0.15, 0.2) is 0 Å². The number of rotatable bonds is 2. The van der Waals surface area contributed by atoms with Crippen LogP contribution in [0.1, 0.15) is 42.1 Å². The van der Waals surface area contributed by atoms with E-state index in [0.717, 1.165) is 4.64 Å². The molecule has 1 aromatic carbocycles. The minimum absolute atomic E-state index is 0.457. The lowest BCUT2D eigenvalue weighted by Gasteiger charge is -2.12. The zero-order valence-electron chi connectivity index (χ0n) is 11.7. The zero-order valence-corrected chi connectivity index (χ0v) is 12.5. The summed E-state index contributed by atoms with van der Waals surface area (Å²) in [6.45, 7) is 10.7. The molecule has 0 spiro atoms. The summed E-state index contributed by atoms with van der Waals surface area (Å²) in [5, 5.41) is 3.41. The van der Waals surface area contributed by atoms with Crippen LogP contribution in [0.5, 0.6) is 0 Å². The second kappa shape index (κ2) is 4.73. The number of hydrogen-bond acceptors (Lipinski definition) is 1. The van der Waals surface area contributed by atoms with Crippen LogP contribution < -0.4 is 0 Å². The van der Waals surface area contributed by atoms with Crippen molar-refractivity contribution in [3.63, 3.8) is 0 Å². The second-order valence-corrected chi connectivity index (χ2v) is 5.71. The molecule has 3 heteroatoms. The van der Waals surface area contributed by atoms with Gasteiger partial charge in [-0.05, 0) is 43.9 Å². The van der Waals surface area contributed by atoms with Gasteiger partial charge in [-0.25, -0.2) is 4.68 Å². The fourth-order valence-corrected chi connectivity index (χ4v) is 2.66. The lowest BCUT2D eigenvalue weighted by atomic mass is 10.1. The van der Waals surface area contributed by atoms with Gasteiger partial charge in [0, 0.05) is 5.69 Å². The van der Waals surface area contributed by atoms with Gasteiger partial charge in [0.05, 0.1) is 5.69 Å². The molecule has 0 atom stereocenters. The maximum Gasteiger partial charge on any atom is 0.127 e. The average molecular weight is 260 g/mol. The fourth-order valence-electron chi connectivity index (χ4n) is 2.40. The number of aryl methyl sites for hydroxylation is 3. The standard InChI is InChI=1S/C15H20N2S/c1-9(2)13-8-14(18)17(16-13)15-11(4)6-10(3)7-12(15)5/h6-9,16H,1-5H3. The SMILES string of the molecule is Cc1cc(C)c(-n2[nH]c(C(C)C)cc2=S)c(C)c1. The summed E-state index contributed by atoms with van der Waals surface area (Å²) in [7, 11) is 0. The first-order chi connectivity index (χ1) is 8.40. The molecule has 0 radical (unpaired) electrons. The van der Waals surface area contributed by atoms with E-state index in [1.807, 2.05) is 4.68 Å². The van der Waals surface area contributed by atoms with Crippen LogP contribution in [0.3, 0.4) is 0 Å². The Bertz CT molecular complexity index is 609. The fraction of sp³-hybridized carbons (Fsp3) is 0.400. The third-order valence-electron chi connectivity index (χ3n) is 3.22. The molecular formula is C15H20N2S. The Morgan fingerprint density at radius 1 is 1.06 bits per heavy atom. The van der Waals surface area contributed by atoms with Gasteiger partial charge in [-0.1, -0.05) is 43.8 Å². The molecule has 0 aliphatic heterocycles. The summed E-state index contributed by atoms with van der Waals surface area (Å²) in [6.07, 6.45) is 0. The monoisotopic (exact) mass is 260 g/mol. The van der Waals surface area contributed by atoms with Gasteiger partial charge < -0.3 is 0 Å². The first-order valence-electron chi connectivity index (χ1n) is 6.30. The quantitative estimate of drug-likeness (QED) is 0.784. The molecule has 18 heavy (non-hydrogen) atoms. The maximum atomic E-state index is 5.46. The number of aromatic nitrogens is 2. The predicted molar refractivity (Wildman–Crippen MR) is 79.3 cm³/mol. The molecule has 2 rings (SSSR count). The van der Waals surface area contributed by atoms with Crippen molar-refractivity contribution in [2.24, 2.45) is 0 Å². The van der Waals surface area contributed by atoms with Crippen molar-refractivity contribution >= 4 is 12.2 Å². The number of H-pyrrole nitrogens is 1. The van der Waals surface area contributed by atoms with Gasteiger partial charge in [0.25, 0.3) is 0 Å². The summed E-state index contributed by atoms with van der Waals surface area (Å²) < 4.78 is 2.86. The highest BCUT2D eigenvalue weighted by molar-refractivity contribution is 7.71. The van der Waals surface area contributed by atoms with Crippen LogP contribution in [0.15, 0.2) is 18.2 Å². The Kier molecular flexibility index (Phi) is 3.44. The Morgan fingerprint density at radius 3 is 2.06 bits per heavy atom. The first kappa shape index (κ1) is 13.1. The lowest BCUT2D eigenvalue weighted by Crippen LogP contribution is -2.03. The Morgan fingerprint density at radius 2 is 1.61 bits per heavy atom. The summed E-state index contributed by atoms with van der Waals surface area (Å²) in [5.41, 5.74) is 6.15. The van der Waals surface area contributed by atoms with E-state index >= 15 is 0 Å². The van der Waals surface area contributed by atoms with Gasteiger partial charge in [-0.3, -0.25) is 5.10 Å². The van der Waals surface area contributed by atoms with E-state index in [2.05, 4.69) is 57.9 Å². The topological polar surface area (TPSA) is 20.7 Å². The molecule has 0 saturated carbocycles. The molecule has 1 N–H and O–H groups in total. The summed E-state index contributed by atoms with van der Waals surface area (Å²) in [6, 6.07) is 6.44. The van der Waals surface area contributed by atoms with E-state index in [1.165, 1.54) is 28.1 Å². The molecule has 1 heterocycles. The highest BCUT2D eigenvalue weighted by Gasteiger charge is 2.10. The third-order valence-corrected chi connectivity index (χ3v) is 3.52. The molecule has 0 unspecified atom stereocenters. The van der Waals surface area contributed by atoms with Crippen molar-refractivity contribution in [3.8, 4) is 5.69 Å². The zero-order chi connectivity index (χ0) is 13.4. The van der Waals surface area contributed by atoms with Crippen molar-refractivity contribution in [2.45, 2.75) is 40.5 Å². The van der Waals surface area contributed by atoms with Gasteiger partial charge in [-0.2, -0.15) is 0 Å². The molecule has 0 aliphatic carbocycles. The van der Waals surface area contributed by atoms with Crippen molar-refractivity contribution in [3.05, 3.63) is 45.2 Å². The molecule has 96 valence electrons. The van der Waals surface area contributed by atoms with Crippen molar-refractivity contribution < 1.29 is 0 Å². The number of benzene rings is 1. The molecule has 1 aromatic heterocycles.